The first kappa shape index (κ1) is 14.3. The van der Waals surface area contributed by atoms with Crippen LogP contribution in [0.1, 0.15) is 53.9 Å². The highest BCUT2D eigenvalue weighted by Crippen LogP contribution is 2.37. The monoisotopic (exact) mass is 238 g/mol. The van der Waals surface area contributed by atoms with Crippen molar-refractivity contribution in [2.24, 2.45) is 17.3 Å². The Morgan fingerprint density at radius 3 is 2.71 bits per heavy atom. The van der Waals surface area contributed by atoms with E-state index in [0.29, 0.717) is 30.3 Å². The van der Waals surface area contributed by atoms with Gasteiger partial charge in [0.15, 0.2) is 0 Å². The number of hydrogen-bond acceptors (Lipinski definition) is 2. The second kappa shape index (κ2) is 5.70. The van der Waals surface area contributed by atoms with Gasteiger partial charge in [-0.2, -0.15) is 0 Å². The smallest absolute Gasteiger partial charge is 0.306 e. The molecular formula is C15H26O2. The molecule has 1 atom stereocenters. The molecule has 17 heavy (non-hydrogen) atoms. The molecule has 0 heterocycles. The zero-order valence-electron chi connectivity index (χ0n) is 11.9. The van der Waals surface area contributed by atoms with Gasteiger partial charge in [-0.3, -0.25) is 4.79 Å². The summed E-state index contributed by atoms with van der Waals surface area (Å²) in [6.45, 7) is 11.4. The summed E-state index contributed by atoms with van der Waals surface area (Å²) in [7, 11) is 0. The molecule has 0 aliphatic heterocycles. The maximum absolute atomic E-state index is 11.5. The largest absolute Gasteiger partial charge is 0.461 e. The lowest BCUT2D eigenvalue weighted by Gasteiger charge is -2.33. The van der Waals surface area contributed by atoms with E-state index in [4.69, 9.17) is 4.74 Å². The van der Waals surface area contributed by atoms with Crippen molar-refractivity contribution in [1.82, 2.24) is 0 Å². The molecule has 0 aromatic heterocycles. The van der Waals surface area contributed by atoms with Gasteiger partial charge in [0.2, 0.25) is 0 Å². The van der Waals surface area contributed by atoms with Gasteiger partial charge in [0, 0.05) is 6.42 Å². The van der Waals surface area contributed by atoms with Gasteiger partial charge in [-0.1, -0.05) is 40.7 Å². The maximum Gasteiger partial charge on any atom is 0.306 e. The van der Waals surface area contributed by atoms with Crippen LogP contribution in [0.15, 0.2) is 11.6 Å². The van der Waals surface area contributed by atoms with Crippen molar-refractivity contribution in [1.29, 1.82) is 0 Å². The van der Waals surface area contributed by atoms with Crippen LogP contribution in [0.3, 0.4) is 0 Å². The van der Waals surface area contributed by atoms with Crippen LogP contribution >= 0.6 is 0 Å². The fraction of sp³-hybridized carbons (Fsp3) is 0.800. The molecule has 0 saturated heterocycles. The Bertz CT molecular complexity index is 300. The number of carbonyl (C=O) groups excluding carboxylic acids is 1. The van der Waals surface area contributed by atoms with Crippen LogP contribution in [0.25, 0.3) is 0 Å². The van der Waals surface area contributed by atoms with E-state index in [1.54, 1.807) is 0 Å². The Morgan fingerprint density at radius 1 is 1.53 bits per heavy atom. The zero-order valence-corrected chi connectivity index (χ0v) is 11.9. The molecule has 2 nitrogen and oxygen atoms in total. The Labute approximate surface area is 105 Å². The minimum atomic E-state index is -0.0714. The van der Waals surface area contributed by atoms with Gasteiger partial charge in [-0.25, -0.2) is 0 Å². The van der Waals surface area contributed by atoms with E-state index >= 15 is 0 Å². The van der Waals surface area contributed by atoms with E-state index in [1.165, 1.54) is 12.0 Å². The van der Waals surface area contributed by atoms with Crippen molar-refractivity contribution in [3.63, 3.8) is 0 Å². The molecule has 0 N–H and O–H groups in total. The Morgan fingerprint density at radius 2 is 2.18 bits per heavy atom. The molecule has 0 aromatic carbocycles. The van der Waals surface area contributed by atoms with Gasteiger partial charge in [-0.05, 0) is 35.7 Å². The molecule has 98 valence electrons. The molecule has 1 aliphatic rings. The molecule has 1 aliphatic carbocycles. The van der Waals surface area contributed by atoms with Crippen molar-refractivity contribution in [3.8, 4) is 0 Å². The molecule has 1 rings (SSSR count). The lowest BCUT2D eigenvalue weighted by Crippen LogP contribution is -2.23. The van der Waals surface area contributed by atoms with Gasteiger partial charge < -0.3 is 4.74 Å². The molecule has 0 amide bonds. The van der Waals surface area contributed by atoms with Crippen molar-refractivity contribution in [3.05, 3.63) is 11.6 Å². The third-order valence-corrected chi connectivity index (χ3v) is 3.38. The summed E-state index contributed by atoms with van der Waals surface area (Å²) >= 11 is 0. The Kier molecular flexibility index (Phi) is 4.79. The van der Waals surface area contributed by atoms with E-state index in [2.05, 4.69) is 26.8 Å². The normalized spacial score (nSPS) is 23.4. The second-order valence-corrected chi connectivity index (χ2v) is 6.51. The van der Waals surface area contributed by atoms with Gasteiger partial charge in [0.1, 0.15) is 6.61 Å². The van der Waals surface area contributed by atoms with E-state index in [1.807, 2.05) is 13.8 Å². The summed E-state index contributed by atoms with van der Waals surface area (Å²) in [5.74, 6) is 0.836. The summed E-state index contributed by atoms with van der Waals surface area (Å²) in [6.07, 6.45) is 5.05. The highest BCUT2D eigenvalue weighted by molar-refractivity contribution is 5.69. The molecule has 0 fully saturated rings. The molecule has 2 heteroatoms. The Hall–Kier alpha value is -0.790. The van der Waals surface area contributed by atoms with Gasteiger partial charge in [-0.15, -0.1) is 0 Å². The minimum absolute atomic E-state index is 0.0714. The first-order chi connectivity index (χ1) is 7.80. The second-order valence-electron chi connectivity index (χ2n) is 6.51. The molecule has 0 radical (unpaired) electrons. The summed E-state index contributed by atoms with van der Waals surface area (Å²) in [4.78, 5) is 11.5. The summed E-state index contributed by atoms with van der Waals surface area (Å²) in [6, 6.07) is 0. The fourth-order valence-electron chi connectivity index (χ4n) is 2.41. The predicted molar refractivity (Wildman–Crippen MR) is 70.7 cm³/mol. The van der Waals surface area contributed by atoms with E-state index in [-0.39, 0.29) is 5.97 Å². The predicted octanol–water partition coefficient (Wildman–Crippen LogP) is 3.96. The number of esters is 1. The Balaban J connectivity index is 2.42. The van der Waals surface area contributed by atoms with Crippen LogP contribution in [0.2, 0.25) is 0 Å². The van der Waals surface area contributed by atoms with Gasteiger partial charge in [0.05, 0.1) is 0 Å². The topological polar surface area (TPSA) is 26.3 Å². The highest BCUT2D eigenvalue weighted by atomic mass is 16.5. The van der Waals surface area contributed by atoms with Gasteiger partial charge >= 0.3 is 5.97 Å². The summed E-state index contributed by atoms with van der Waals surface area (Å²) in [5.41, 5.74) is 1.69. The van der Waals surface area contributed by atoms with Crippen LogP contribution in [0.4, 0.5) is 0 Å². The van der Waals surface area contributed by atoms with Crippen LogP contribution in [-0.4, -0.2) is 12.6 Å². The average molecular weight is 238 g/mol. The summed E-state index contributed by atoms with van der Waals surface area (Å²) in [5, 5.41) is 0. The van der Waals surface area contributed by atoms with Crippen LogP contribution < -0.4 is 0 Å². The zero-order chi connectivity index (χ0) is 13.1. The van der Waals surface area contributed by atoms with Crippen LogP contribution in [0.5, 0.6) is 0 Å². The maximum atomic E-state index is 11.5. The fourth-order valence-corrected chi connectivity index (χ4v) is 2.41. The third-order valence-electron chi connectivity index (χ3n) is 3.38. The quantitative estimate of drug-likeness (QED) is 0.547. The standard InChI is InChI=1S/C15H26O2/c1-11(2)8-14(16)17-10-13-6-7-15(4,5)9-12(13)3/h6,11-12H,7-10H2,1-5H3/t12-/m1/s1. The number of hydrogen-bond donors (Lipinski definition) is 0. The highest BCUT2D eigenvalue weighted by Gasteiger charge is 2.27. The van der Waals surface area contributed by atoms with E-state index < -0.39 is 0 Å². The van der Waals surface area contributed by atoms with Crippen molar-refractivity contribution in [2.45, 2.75) is 53.9 Å². The van der Waals surface area contributed by atoms with Crippen molar-refractivity contribution in [2.75, 3.05) is 6.61 Å². The molecule has 0 aromatic rings. The molecular weight excluding hydrogens is 212 g/mol. The number of ether oxygens (including phenoxy) is 1. The number of rotatable bonds is 4. The number of allylic oxidation sites excluding steroid dienone is 1. The SMILES string of the molecule is CC(C)CC(=O)OCC1=CCC(C)(C)C[C@H]1C. The van der Waals surface area contributed by atoms with Gasteiger partial charge in [0.25, 0.3) is 0 Å². The first-order valence-corrected chi connectivity index (χ1v) is 6.65. The molecule has 0 unspecified atom stereocenters. The van der Waals surface area contributed by atoms with E-state index in [0.717, 1.165) is 6.42 Å². The van der Waals surface area contributed by atoms with Crippen molar-refractivity contribution < 1.29 is 9.53 Å². The molecule has 0 spiro atoms. The molecule has 0 saturated carbocycles. The average Bonchev–Trinajstić information content (AvgIpc) is 2.13. The lowest BCUT2D eigenvalue weighted by molar-refractivity contribution is -0.143. The van der Waals surface area contributed by atoms with Crippen LogP contribution in [-0.2, 0) is 9.53 Å². The third kappa shape index (κ3) is 4.93. The lowest BCUT2D eigenvalue weighted by atomic mass is 9.73. The summed E-state index contributed by atoms with van der Waals surface area (Å²) < 4.78 is 5.32. The molecule has 0 bridgehead atoms. The number of carbonyl (C=O) groups is 1. The van der Waals surface area contributed by atoms with E-state index in [9.17, 15) is 4.79 Å². The minimum Gasteiger partial charge on any atom is -0.461 e. The first-order valence-electron chi connectivity index (χ1n) is 6.65. The van der Waals surface area contributed by atoms with Crippen molar-refractivity contribution >= 4 is 5.97 Å². The van der Waals surface area contributed by atoms with Crippen LogP contribution in [0, 0.1) is 17.3 Å².